The molecule has 1 saturated carbocycles. The van der Waals surface area contributed by atoms with E-state index in [0.29, 0.717) is 29.7 Å². The van der Waals surface area contributed by atoms with Crippen LogP contribution in [0.1, 0.15) is 40.7 Å². The molecule has 192 valence electrons. The van der Waals surface area contributed by atoms with E-state index in [1.54, 1.807) is 18.5 Å². The van der Waals surface area contributed by atoms with Gasteiger partial charge in [0.15, 0.2) is 11.5 Å². The Kier molecular flexibility index (Phi) is 4.82. The highest BCUT2D eigenvalue weighted by Crippen LogP contribution is 2.64. The number of carbonyl (C=O) groups is 1. The molecule has 3 aliphatic carbocycles. The van der Waals surface area contributed by atoms with Crippen molar-refractivity contribution in [2.24, 2.45) is 5.92 Å². The van der Waals surface area contributed by atoms with Gasteiger partial charge in [-0.05, 0) is 61.9 Å². The Morgan fingerprint density at radius 1 is 1.30 bits per heavy atom. The van der Waals surface area contributed by atoms with E-state index >= 15 is 0 Å². The molecule has 0 radical (unpaired) electrons. The van der Waals surface area contributed by atoms with Crippen molar-refractivity contribution in [2.75, 3.05) is 13.1 Å². The second-order valence-electron chi connectivity index (χ2n) is 11.2. The van der Waals surface area contributed by atoms with Crippen LogP contribution < -0.4 is 10.1 Å². The normalized spacial score (nSPS) is 32.9. The Morgan fingerprint density at radius 2 is 2.16 bits per heavy atom. The van der Waals surface area contributed by atoms with Crippen LogP contribution in [0, 0.1) is 5.92 Å². The van der Waals surface area contributed by atoms with Crippen molar-refractivity contribution in [3.63, 3.8) is 0 Å². The fourth-order valence-corrected chi connectivity index (χ4v) is 7.52. The number of hydrogen-bond acceptors (Lipinski definition) is 6. The van der Waals surface area contributed by atoms with E-state index in [1.807, 2.05) is 30.4 Å². The van der Waals surface area contributed by atoms with E-state index in [9.17, 15) is 15.0 Å². The van der Waals surface area contributed by atoms with Crippen molar-refractivity contribution < 1.29 is 19.7 Å². The maximum Gasteiger partial charge on any atom is 0.255 e. The second kappa shape index (κ2) is 7.72. The van der Waals surface area contributed by atoms with Gasteiger partial charge in [-0.25, -0.2) is 0 Å². The Labute approximate surface area is 220 Å². The number of fused-ring (bicyclic) bond motifs is 1. The first-order valence-corrected chi connectivity index (χ1v) is 12.9. The topological polar surface area (TPSA) is 111 Å². The third-order valence-corrected chi connectivity index (χ3v) is 9.32. The summed E-state index contributed by atoms with van der Waals surface area (Å²) in [5.41, 5.74) is 2.07. The Balaban J connectivity index is 0.00000231. The number of carbonyl (C=O) groups excluding carboxylic acids is 1. The predicted octanol–water partition coefficient (Wildman–Crippen LogP) is 2.83. The summed E-state index contributed by atoms with van der Waals surface area (Å²) in [4.78, 5) is 23.4. The minimum Gasteiger partial charge on any atom is -0.504 e. The van der Waals surface area contributed by atoms with E-state index in [0.717, 1.165) is 35.7 Å². The number of piperidine rings is 1. The number of phenolic OH excluding ortho intramolecular Hbond substituents is 1. The number of nitrogens with zero attached hydrogens (tertiary/aromatic N) is 2. The van der Waals surface area contributed by atoms with Gasteiger partial charge < -0.3 is 25.3 Å². The van der Waals surface area contributed by atoms with Gasteiger partial charge in [0, 0.05) is 30.5 Å². The highest BCUT2D eigenvalue weighted by atomic mass is 35.5. The highest BCUT2D eigenvalue weighted by molar-refractivity contribution is 6.05. The van der Waals surface area contributed by atoms with E-state index in [2.05, 4.69) is 20.2 Å². The monoisotopic (exact) mass is 520 g/mol. The maximum absolute atomic E-state index is 13.4. The second-order valence-corrected chi connectivity index (χ2v) is 11.2. The molecule has 1 amide bonds. The molecule has 8 rings (SSSR count). The van der Waals surface area contributed by atoms with Crippen molar-refractivity contribution in [3.05, 3.63) is 65.5 Å². The molecule has 4 heterocycles. The summed E-state index contributed by atoms with van der Waals surface area (Å²) in [5, 5.41) is 26.4. The summed E-state index contributed by atoms with van der Waals surface area (Å²) in [7, 11) is 0. The van der Waals surface area contributed by atoms with Crippen LogP contribution in [-0.2, 0) is 11.8 Å². The number of amides is 1. The van der Waals surface area contributed by atoms with Crippen molar-refractivity contribution in [1.82, 2.24) is 20.2 Å². The molecule has 1 saturated heterocycles. The Morgan fingerprint density at radius 3 is 3.00 bits per heavy atom. The number of nitrogens with one attached hydrogen (secondary N) is 2. The SMILES string of the molecule is Cl.O=C(N[C@H]1C=C[C@@]2(O)[C@H]3Cc4ccc(O)c5c4[C@@]2(CCN3CC2CC2)[C@H]1O5)c1c[nH]c2cccnc12. The molecule has 5 atom stereocenters. The van der Waals surface area contributed by atoms with Crippen LogP contribution in [0.4, 0.5) is 0 Å². The lowest BCUT2D eigenvalue weighted by molar-refractivity contribution is -0.144. The van der Waals surface area contributed by atoms with Gasteiger partial charge in [0.05, 0.1) is 22.5 Å². The first-order valence-electron chi connectivity index (χ1n) is 12.9. The third kappa shape index (κ3) is 2.92. The lowest BCUT2D eigenvalue weighted by Crippen LogP contribution is -2.76. The first-order chi connectivity index (χ1) is 17.5. The Bertz CT molecular complexity index is 1470. The summed E-state index contributed by atoms with van der Waals surface area (Å²) < 4.78 is 6.50. The first kappa shape index (κ1) is 23.1. The quantitative estimate of drug-likeness (QED) is 0.394. The minimum atomic E-state index is -1.14. The molecule has 2 fully saturated rings. The third-order valence-electron chi connectivity index (χ3n) is 9.32. The van der Waals surface area contributed by atoms with E-state index in [-0.39, 0.29) is 30.1 Å². The lowest BCUT2D eigenvalue weighted by atomic mass is 9.50. The molecule has 37 heavy (non-hydrogen) atoms. The van der Waals surface area contributed by atoms with Gasteiger partial charge in [-0.1, -0.05) is 18.2 Å². The number of aromatic hydroxyl groups is 1. The summed E-state index contributed by atoms with van der Waals surface area (Å²) in [6.07, 6.45) is 10.6. The number of phenols is 1. The smallest absolute Gasteiger partial charge is 0.255 e. The standard InChI is InChI=1S/C28H28N4O4.ClH/c33-20-6-5-16-12-21-28(35)8-7-19(31-26(34)17-13-30-18-2-1-10-29-23(17)18)25-27(28,22(16)24(20)36-25)9-11-32(21)14-15-3-4-15;/h1-2,5-8,10,13,15,19,21,25,30,33,35H,3-4,9,11-12,14H2,(H,31,34);1H/t19-,21+,25-,27-,28+;/m0./s1. The van der Waals surface area contributed by atoms with E-state index in [4.69, 9.17) is 4.74 Å². The average Bonchev–Trinajstić information content (AvgIpc) is 3.46. The number of H-pyrrole nitrogens is 1. The van der Waals surface area contributed by atoms with Gasteiger partial charge in [-0.15, -0.1) is 12.4 Å². The lowest BCUT2D eigenvalue weighted by Gasteiger charge is -2.62. The van der Waals surface area contributed by atoms with Crippen molar-refractivity contribution in [3.8, 4) is 11.5 Å². The highest BCUT2D eigenvalue weighted by Gasteiger charge is 2.72. The summed E-state index contributed by atoms with van der Waals surface area (Å²) in [5.74, 6) is 1.02. The maximum atomic E-state index is 13.4. The molecule has 1 aromatic carbocycles. The summed E-state index contributed by atoms with van der Waals surface area (Å²) in [6, 6.07) is 6.86. The molecule has 9 heteroatoms. The zero-order valence-corrected chi connectivity index (χ0v) is 21.0. The predicted molar refractivity (Wildman–Crippen MR) is 139 cm³/mol. The van der Waals surface area contributed by atoms with Crippen molar-refractivity contribution >= 4 is 29.3 Å². The molecule has 3 aromatic rings. The van der Waals surface area contributed by atoms with E-state index in [1.165, 1.54) is 12.8 Å². The van der Waals surface area contributed by atoms with Crippen molar-refractivity contribution in [1.29, 1.82) is 0 Å². The number of halogens is 1. The molecule has 4 N–H and O–H groups in total. The molecule has 5 aliphatic rings. The number of aromatic nitrogens is 2. The molecule has 0 unspecified atom stereocenters. The van der Waals surface area contributed by atoms with Crippen LogP contribution in [0.3, 0.4) is 0 Å². The number of rotatable bonds is 4. The van der Waals surface area contributed by atoms with Crippen LogP contribution in [0.2, 0.25) is 0 Å². The number of ether oxygens (including phenoxy) is 1. The largest absolute Gasteiger partial charge is 0.504 e. The number of pyridine rings is 1. The fraction of sp³-hybridized carbons (Fsp3) is 0.429. The van der Waals surface area contributed by atoms with Crippen LogP contribution in [-0.4, -0.2) is 67.9 Å². The van der Waals surface area contributed by atoms with Gasteiger partial charge >= 0.3 is 0 Å². The minimum absolute atomic E-state index is 0. The van der Waals surface area contributed by atoms with Crippen molar-refractivity contribution in [2.45, 2.75) is 54.9 Å². The number of benzene rings is 1. The zero-order valence-electron chi connectivity index (χ0n) is 20.2. The molecular weight excluding hydrogens is 492 g/mol. The Hall–Kier alpha value is -3.07. The van der Waals surface area contributed by atoms with E-state index < -0.39 is 23.2 Å². The van der Waals surface area contributed by atoms with Crippen LogP contribution in [0.5, 0.6) is 11.5 Å². The number of hydrogen-bond donors (Lipinski definition) is 4. The van der Waals surface area contributed by atoms with Gasteiger partial charge in [0.2, 0.25) is 0 Å². The molecule has 1 spiro atoms. The van der Waals surface area contributed by atoms with Gasteiger partial charge in [-0.3, -0.25) is 14.7 Å². The molecule has 2 aliphatic heterocycles. The zero-order chi connectivity index (χ0) is 24.2. The number of aliphatic hydroxyl groups is 1. The average molecular weight is 521 g/mol. The molecule has 2 aromatic heterocycles. The molecule has 8 nitrogen and oxygen atoms in total. The van der Waals surface area contributed by atoms with Gasteiger partial charge in [0.1, 0.15) is 17.2 Å². The number of aromatic amines is 1. The van der Waals surface area contributed by atoms with Crippen LogP contribution >= 0.6 is 12.4 Å². The van der Waals surface area contributed by atoms with Crippen LogP contribution in [0.25, 0.3) is 11.0 Å². The number of likely N-dealkylation sites (tertiary alicyclic amines) is 1. The molecule has 2 bridgehead atoms. The summed E-state index contributed by atoms with van der Waals surface area (Å²) >= 11 is 0. The summed E-state index contributed by atoms with van der Waals surface area (Å²) in [6.45, 7) is 1.87. The van der Waals surface area contributed by atoms with Gasteiger partial charge in [-0.2, -0.15) is 0 Å². The van der Waals surface area contributed by atoms with Gasteiger partial charge in [0.25, 0.3) is 5.91 Å². The molecular formula is C28H29ClN4O4. The van der Waals surface area contributed by atoms with Crippen LogP contribution in [0.15, 0.2) is 48.8 Å². The fourth-order valence-electron chi connectivity index (χ4n) is 7.52.